The lowest BCUT2D eigenvalue weighted by molar-refractivity contribution is -0.144. The number of halogens is 6. The summed E-state index contributed by atoms with van der Waals surface area (Å²) in [5.41, 5.74) is 1.23. The molecule has 0 amide bonds. The molecule has 0 bridgehead atoms. The first kappa shape index (κ1) is 32.1. The van der Waals surface area contributed by atoms with Crippen LogP contribution in [-0.4, -0.2) is 83.2 Å². The largest absolute Gasteiger partial charge is 0.473 e. The van der Waals surface area contributed by atoms with E-state index in [0.29, 0.717) is 61.9 Å². The van der Waals surface area contributed by atoms with Gasteiger partial charge in [-0.25, -0.2) is 18.7 Å². The van der Waals surface area contributed by atoms with Crippen LogP contribution in [0.1, 0.15) is 30.6 Å². The van der Waals surface area contributed by atoms with Gasteiger partial charge in [0, 0.05) is 48.9 Å². The van der Waals surface area contributed by atoms with E-state index in [1.807, 2.05) is 21.5 Å². The zero-order valence-electron chi connectivity index (χ0n) is 25.4. The number of fused-ring (bicyclic) bond motifs is 1. The predicted octanol–water partition coefficient (Wildman–Crippen LogP) is 5.04. The van der Waals surface area contributed by atoms with Crippen LogP contribution in [-0.2, 0) is 30.6 Å². The van der Waals surface area contributed by atoms with Crippen molar-refractivity contribution in [2.75, 3.05) is 31.1 Å². The summed E-state index contributed by atoms with van der Waals surface area (Å²) in [6.45, 7) is 4.90. The van der Waals surface area contributed by atoms with Gasteiger partial charge in [-0.2, -0.15) is 23.3 Å². The number of nitrogens with one attached hydrogen (secondary N) is 1. The van der Waals surface area contributed by atoms with Crippen LogP contribution in [0.3, 0.4) is 0 Å². The Morgan fingerprint density at radius 1 is 1.04 bits per heavy atom. The molecule has 48 heavy (non-hydrogen) atoms. The smallest absolute Gasteiger partial charge is 0.451 e. The molecule has 2 saturated heterocycles. The summed E-state index contributed by atoms with van der Waals surface area (Å²) in [7, 11) is 0. The van der Waals surface area contributed by atoms with E-state index in [-0.39, 0.29) is 47.0 Å². The number of rotatable bonds is 9. The van der Waals surface area contributed by atoms with E-state index < -0.39 is 23.6 Å². The fourth-order valence-electron chi connectivity index (χ4n) is 5.64. The Labute approximate surface area is 274 Å². The molecule has 0 radical (unpaired) electrons. The average Bonchev–Trinajstić information content (AvgIpc) is 3.65. The quantitative estimate of drug-likeness (QED) is 0.211. The van der Waals surface area contributed by atoms with Gasteiger partial charge in [-0.05, 0) is 37.6 Å². The molecule has 252 valence electrons. The minimum Gasteiger partial charge on any atom is -0.473 e. The number of nitrogens with zero attached hydrogens (tertiary/aromatic N) is 9. The molecule has 18 heteroatoms. The number of pyridine rings is 1. The molecular weight excluding hydrogens is 663 g/mol. The predicted molar refractivity (Wildman–Crippen MR) is 162 cm³/mol. The fraction of sp³-hybridized carbons (Fsp3) is 0.400. The van der Waals surface area contributed by atoms with Crippen molar-refractivity contribution in [2.45, 2.75) is 51.4 Å². The number of anilines is 1. The van der Waals surface area contributed by atoms with Crippen molar-refractivity contribution in [2.24, 2.45) is 0 Å². The molecule has 0 spiro atoms. The second kappa shape index (κ2) is 12.9. The van der Waals surface area contributed by atoms with E-state index in [0.717, 1.165) is 6.42 Å². The minimum atomic E-state index is -4.68. The number of hydrogen-bond acceptors (Lipinski definition) is 10. The Bertz CT molecular complexity index is 1950. The van der Waals surface area contributed by atoms with Gasteiger partial charge in [-0.1, -0.05) is 17.7 Å². The molecule has 2 fully saturated rings. The molecule has 2 aliphatic heterocycles. The van der Waals surface area contributed by atoms with Gasteiger partial charge in [0.1, 0.15) is 29.5 Å². The Morgan fingerprint density at radius 3 is 2.58 bits per heavy atom. The Hall–Kier alpha value is -4.48. The van der Waals surface area contributed by atoms with Crippen LogP contribution < -0.4 is 9.64 Å². The summed E-state index contributed by atoms with van der Waals surface area (Å²) in [5.74, 6) is -1.53. The number of ether oxygens (including phenoxy) is 2. The van der Waals surface area contributed by atoms with Crippen molar-refractivity contribution in [1.29, 1.82) is 0 Å². The summed E-state index contributed by atoms with van der Waals surface area (Å²) in [4.78, 5) is 16.7. The van der Waals surface area contributed by atoms with Gasteiger partial charge in [-0.15, -0.1) is 10.2 Å². The molecule has 2 atom stereocenters. The third-order valence-corrected chi connectivity index (χ3v) is 8.57. The summed E-state index contributed by atoms with van der Waals surface area (Å²) in [5, 5.41) is 14.2. The van der Waals surface area contributed by atoms with Gasteiger partial charge in [0.05, 0.1) is 19.2 Å². The van der Waals surface area contributed by atoms with Crippen LogP contribution in [0.15, 0.2) is 36.4 Å². The highest BCUT2D eigenvalue weighted by Gasteiger charge is 2.36. The Kier molecular flexibility index (Phi) is 8.59. The van der Waals surface area contributed by atoms with E-state index in [4.69, 9.17) is 26.1 Å². The standard InChI is InChI=1S/C30H28ClF5N10O2/c1-16-12-45(27-20(32)4-5-25(38-27)48-15-17-2-3-18(31)10-21(17)33)8-7-44(16)14-24-37-23-11-22(26-39-29(43-41-26)30(34,35)36)40-42-28(23)46(24)13-19-6-9-47-19/h2-5,10-11,16,19H,6-9,12-15H2,1H3,(H,39,41,43)/t16-,19-/m0/s1. The molecule has 0 aliphatic carbocycles. The number of hydrogen-bond donors (Lipinski definition) is 1. The highest BCUT2D eigenvalue weighted by molar-refractivity contribution is 6.30. The summed E-state index contributed by atoms with van der Waals surface area (Å²) in [6.07, 6.45) is -3.84. The molecular formula is C30H28ClF5N10O2. The lowest BCUT2D eigenvalue weighted by atomic mass is 10.1. The monoisotopic (exact) mass is 690 g/mol. The Morgan fingerprint density at radius 2 is 1.88 bits per heavy atom. The summed E-state index contributed by atoms with van der Waals surface area (Å²) in [6, 6.07) is 8.40. The van der Waals surface area contributed by atoms with E-state index >= 15 is 0 Å². The van der Waals surface area contributed by atoms with Crippen LogP contribution >= 0.6 is 11.6 Å². The fourth-order valence-corrected chi connectivity index (χ4v) is 5.80. The maximum atomic E-state index is 15.0. The highest BCUT2D eigenvalue weighted by atomic mass is 35.5. The van der Waals surface area contributed by atoms with Crippen LogP contribution in [0.4, 0.5) is 27.8 Å². The van der Waals surface area contributed by atoms with Crippen LogP contribution in [0.2, 0.25) is 5.02 Å². The molecule has 2 aliphatic rings. The topological polar surface area (TPSA) is 123 Å². The van der Waals surface area contributed by atoms with Crippen molar-refractivity contribution in [3.8, 4) is 17.4 Å². The van der Waals surface area contributed by atoms with Crippen LogP contribution in [0, 0.1) is 11.6 Å². The third-order valence-electron chi connectivity index (χ3n) is 8.34. The van der Waals surface area contributed by atoms with Crippen LogP contribution in [0.25, 0.3) is 22.7 Å². The van der Waals surface area contributed by atoms with E-state index in [2.05, 4.69) is 30.2 Å². The van der Waals surface area contributed by atoms with E-state index in [1.54, 1.807) is 6.07 Å². The zero-order valence-corrected chi connectivity index (χ0v) is 26.1. The number of piperazine rings is 1. The first-order chi connectivity index (χ1) is 23.0. The lowest BCUT2D eigenvalue weighted by Gasteiger charge is -2.40. The lowest BCUT2D eigenvalue weighted by Crippen LogP contribution is -2.52. The number of benzene rings is 1. The van der Waals surface area contributed by atoms with E-state index in [9.17, 15) is 22.0 Å². The molecule has 6 heterocycles. The minimum absolute atomic E-state index is 0.0287. The number of alkyl halides is 3. The second-order valence-corrected chi connectivity index (χ2v) is 12.0. The number of aromatic amines is 1. The van der Waals surface area contributed by atoms with Gasteiger partial charge in [0.25, 0.3) is 0 Å². The van der Waals surface area contributed by atoms with Gasteiger partial charge in [-0.3, -0.25) is 10.00 Å². The third kappa shape index (κ3) is 6.61. The maximum Gasteiger partial charge on any atom is 0.451 e. The SMILES string of the molecule is C[C@H]1CN(c2nc(OCc3ccc(Cl)cc3F)ccc2F)CCN1Cc1nc2cc(-c3n[nH]c(C(F)(F)F)n3)nnc2n1C[C@@H]1CCO1. The number of imidazole rings is 1. The van der Waals surface area contributed by atoms with Gasteiger partial charge in [0.2, 0.25) is 17.5 Å². The zero-order chi connectivity index (χ0) is 33.6. The van der Waals surface area contributed by atoms with Gasteiger partial charge in [0.15, 0.2) is 17.3 Å². The molecule has 7 rings (SSSR count). The van der Waals surface area contributed by atoms with Crippen molar-refractivity contribution >= 4 is 28.6 Å². The van der Waals surface area contributed by atoms with Crippen molar-refractivity contribution in [3.05, 3.63) is 70.3 Å². The molecule has 1 aromatic carbocycles. The van der Waals surface area contributed by atoms with Crippen molar-refractivity contribution < 1.29 is 31.4 Å². The molecule has 4 aromatic heterocycles. The molecule has 0 unspecified atom stereocenters. The number of aromatic nitrogens is 8. The first-order valence-corrected chi connectivity index (χ1v) is 15.5. The normalized spacial score (nSPS) is 18.8. The first-order valence-electron chi connectivity index (χ1n) is 15.1. The van der Waals surface area contributed by atoms with Crippen LogP contribution in [0.5, 0.6) is 5.88 Å². The average molecular weight is 691 g/mol. The maximum absolute atomic E-state index is 15.0. The van der Waals surface area contributed by atoms with E-state index in [1.165, 1.54) is 30.3 Å². The van der Waals surface area contributed by atoms with Gasteiger partial charge >= 0.3 is 6.18 Å². The molecule has 0 saturated carbocycles. The molecule has 12 nitrogen and oxygen atoms in total. The Balaban J connectivity index is 1.07. The van der Waals surface area contributed by atoms with Crippen molar-refractivity contribution in [3.63, 3.8) is 0 Å². The summed E-state index contributed by atoms with van der Waals surface area (Å²) < 4.78 is 81.6. The second-order valence-electron chi connectivity index (χ2n) is 11.6. The van der Waals surface area contributed by atoms with Gasteiger partial charge < -0.3 is 18.9 Å². The molecule has 1 N–H and O–H groups in total. The molecule has 5 aromatic rings. The number of H-pyrrole nitrogens is 1. The summed E-state index contributed by atoms with van der Waals surface area (Å²) >= 11 is 5.83. The van der Waals surface area contributed by atoms with Crippen molar-refractivity contribution in [1.82, 2.24) is 44.8 Å². The highest BCUT2D eigenvalue weighted by Crippen LogP contribution is 2.29.